The van der Waals surface area contributed by atoms with Crippen LogP contribution in [-0.2, 0) is 6.18 Å². The lowest BCUT2D eigenvalue weighted by Crippen LogP contribution is -2.07. The summed E-state index contributed by atoms with van der Waals surface area (Å²) in [6.07, 6.45) is -1.13. The summed E-state index contributed by atoms with van der Waals surface area (Å²) in [5, 5.41) is 8.66. The van der Waals surface area contributed by atoms with Gasteiger partial charge in [-0.25, -0.2) is 14.8 Å². The van der Waals surface area contributed by atoms with Crippen molar-refractivity contribution in [2.24, 2.45) is 0 Å². The van der Waals surface area contributed by atoms with E-state index in [1.54, 1.807) is 0 Å². The van der Waals surface area contributed by atoms with Gasteiger partial charge >= 0.3 is 12.1 Å². The second-order valence-corrected chi connectivity index (χ2v) is 3.37. The fourth-order valence-corrected chi connectivity index (χ4v) is 1.28. The Labute approximate surface area is 98.5 Å². The highest BCUT2D eigenvalue weighted by molar-refractivity contribution is 5.85. The highest BCUT2D eigenvalue weighted by Crippen LogP contribution is 2.27. The number of imidazole rings is 1. The summed E-state index contributed by atoms with van der Waals surface area (Å²) < 4.78 is 38.1. The minimum atomic E-state index is -4.50. The molecule has 5 nitrogen and oxygen atoms in total. The molecule has 0 amide bonds. The maximum atomic E-state index is 12.3. The van der Waals surface area contributed by atoms with Crippen LogP contribution in [0.25, 0.3) is 5.69 Å². The van der Waals surface area contributed by atoms with Crippen LogP contribution in [-0.4, -0.2) is 25.6 Å². The van der Waals surface area contributed by atoms with Crippen molar-refractivity contribution in [3.8, 4) is 5.69 Å². The number of alkyl halides is 3. The average Bonchev–Trinajstić information content (AvgIpc) is 2.77. The van der Waals surface area contributed by atoms with Gasteiger partial charge in [-0.05, 0) is 12.1 Å². The van der Waals surface area contributed by atoms with Crippen LogP contribution in [0.3, 0.4) is 0 Å². The number of pyridine rings is 1. The maximum Gasteiger partial charge on any atom is 0.433 e. The van der Waals surface area contributed by atoms with Gasteiger partial charge in [0.05, 0.1) is 11.9 Å². The summed E-state index contributed by atoms with van der Waals surface area (Å²) in [7, 11) is 0. The molecule has 8 heteroatoms. The maximum absolute atomic E-state index is 12.3. The molecule has 2 heterocycles. The van der Waals surface area contributed by atoms with E-state index in [-0.39, 0.29) is 5.69 Å². The van der Waals surface area contributed by atoms with Crippen LogP contribution in [0.15, 0.2) is 30.9 Å². The third-order valence-corrected chi connectivity index (χ3v) is 2.14. The summed E-state index contributed by atoms with van der Waals surface area (Å²) >= 11 is 0. The van der Waals surface area contributed by atoms with E-state index in [1.165, 1.54) is 23.2 Å². The topological polar surface area (TPSA) is 68.0 Å². The van der Waals surface area contributed by atoms with Crippen molar-refractivity contribution in [2.75, 3.05) is 0 Å². The molecule has 0 aliphatic carbocycles. The van der Waals surface area contributed by atoms with Gasteiger partial charge in [-0.1, -0.05) is 0 Å². The fourth-order valence-electron chi connectivity index (χ4n) is 1.28. The number of nitrogens with zero attached hydrogens (tertiary/aromatic N) is 3. The Morgan fingerprint density at radius 3 is 2.44 bits per heavy atom. The number of carbonyl (C=O) groups is 1. The number of rotatable bonds is 2. The standard InChI is InChI=1S/C10H6F3N3O2/c11-10(12,13)8-2-1-6(3-14-8)16-4-7(9(17)18)15-5-16/h1-5H,(H,17,18). The van der Waals surface area contributed by atoms with E-state index in [4.69, 9.17) is 5.11 Å². The van der Waals surface area contributed by atoms with Gasteiger partial charge in [-0.2, -0.15) is 13.2 Å². The number of aromatic nitrogens is 3. The van der Waals surface area contributed by atoms with Crippen LogP contribution >= 0.6 is 0 Å². The smallest absolute Gasteiger partial charge is 0.433 e. The van der Waals surface area contributed by atoms with Crippen LogP contribution in [0, 0.1) is 0 Å². The predicted octanol–water partition coefficient (Wildman–Crippen LogP) is 1.98. The zero-order valence-corrected chi connectivity index (χ0v) is 8.72. The van der Waals surface area contributed by atoms with Gasteiger partial charge in [-0.3, -0.25) is 0 Å². The average molecular weight is 257 g/mol. The van der Waals surface area contributed by atoms with Crippen LogP contribution in [0.4, 0.5) is 13.2 Å². The van der Waals surface area contributed by atoms with Gasteiger partial charge in [0, 0.05) is 6.20 Å². The summed E-state index contributed by atoms with van der Waals surface area (Å²) in [6.45, 7) is 0. The number of halogens is 3. The molecule has 1 N–H and O–H groups in total. The molecule has 2 rings (SSSR count). The molecule has 0 aliphatic rings. The van der Waals surface area contributed by atoms with Crippen molar-refractivity contribution >= 4 is 5.97 Å². The minimum absolute atomic E-state index is 0.199. The zero-order chi connectivity index (χ0) is 13.3. The zero-order valence-electron chi connectivity index (χ0n) is 8.72. The van der Waals surface area contributed by atoms with Crippen molar-refractivity contribution in [1.82, 2.24) is 14.5 Å². The number of hydrogen-bond donors (Lipinski definition) is 1. The van der Waals surface area contributed by atoms with Crippen molar-refractivity contribution in [2.45, 2.75) is 6.18 Å². The SMILES string of the molecule is O=C(O)c1cn(-c2ccc(C(F)(F)F)nc2)cn1. The molecule has 0 unspecified atom stereocenters. The Balaban J connectivity index is 2.31. The van der Waals surface area contributed by atoms with Gasteiger partial charge in [0.25, 0.3) is 0 Å². The van der Waals surface area contributed by atoms with Crippen molar-refractivity contribution in [1.29, 1.82) is 0 Å². The van der Waals surface area contributed by atoms with E-state index < -0.39 is 17.8 Å². The molecule has 2 aromatic heterocycles. The third kappa shape index (κ3) is 2.31. The van der Waals surface area contributed by atoms with Gasteiger partial charge in [0.1, 0.15) is 12.0 Å². The first-order valence-electron chi connectivity index (χ1n) is 4.69. The number of carboxylic acids is 1. The second-order valence-electron chi connectivity index (χ2n) is 3.37. The monoisotopic (exact) mass is 257 g/mol. The van der Waals surface area contributed by atoms with Crippen molar-refractivity contribution in [3.63, 3.8) is 0 Å². The molecule has 2 aromatic rings. The first kappa shape index (κ1) is 12.1. The fraction of sp³-hybridized carbons (Fsp3) is 0.100. The third-order valence-electron chi connectivity index (χ3n) is 2.14. The molecule has 0 fully saturated rings. The molecule has 0 saturated carbocycles. The highest BCUT2D eigenvalue weighted by atomic mass is 19.4. The van der Waals surface area contributed by atoms with Gasteiger partial charge in [-0.15, -0.1) is 0 Å². The lowest BCUT2D eigenvalue weighted by atomic mass is 10.3. The first-order chi connectivity index (χ1) is 8.38. The van der Waals surface area contributed by atoms with E-state index in [0.717, 1.165) is 12.3 Å². The number of hydrogen-bond acceptors (Lipinski definition) is 3. The Hall–Kier alpha value is -2.38. The van der Waals surface area contributed by atoms with Gasteiger partial charge < -0.3 is 9.67 Å². The largest absolute Gasteiger partial charge is 0.476 e. The van der Waals surface area contributed by atoms with E-state index in [2.05, 4.69) is 9.97 Å². The molecule has 0 saturated heterocycles. The lowest BCUT2D eigenvalue weighted by molar-refractivity contribution is -0.141. The second kappa shape index (κ2) is 4.13. The molecule has 0 spiro atoms. The molecule has 0 atom stereocenters. The van der Waals surface area contributed by atoms with E-state index >= 15 is 0 Å². The van der Waals surface area contributed by atoms with Crippen LogP contribution in [0.5, 0.6) is 0 Å². The highest BCUT2D eigenvalue weighted by Gasteiger charge is 2.32. The normalized spacial score (nSPS) is 11.5. The first-order valence-corrected chi connectivity index (χ1v) is 4.69. The van der Waals surface area contributed by atoms with Crippen LogP contribution < -0.4 is 0 Å². The Morgan fingerprint density at radius 2 is 2.00 bits per heavy atom. The molecule has 94 valence electrons. The molecular formula is C10H6F3N3O2. The summed E-state index contributed by atoms with van der Waals surface area (Å²) in [5.74, 6) is -1.21. The van der Waals surface area contributed by atoms with Gasteiger partial charge in [0.2, 0.25) is 0 Å². The van der Waals surface area contributed by atoms with Gasteiger partial charge in [0.15, 0.2) is 5.69 Å². The molecule has 0 aromatic carbocycles. The Kier molecular flexibility index (Phi) is 2.77. The van der Waals surface area contributed by atoms with Crippen LogP contribution in [0.1, 0.15) is 16.2 Å². The van der Waals surface area contributed by atoms with Crippen molar-refractivity contribution < 1.29 is 23.1 Å². The van der Waals surface area contributed by atoms with Crippen LogP contribution in [0.2, 0.25) is 0 Å². The summed E-state index contributed by atoms with van der Waals surface area (Å²) in [6, 6.07) is 2.00. The molecule has 18 heavy (non-hydrogen) atoms. The Morgan fingerprint density at radius 1 is 1.28 bits per heavy atom. The van der Waals surface area contributed by atoms with E-state index in [0.29, 0.717) is 5.69 Å². The number of carboxylic acid groups (broad SMARTS) is 1. The summed E-state index contributed by atoms with van der Waals surface area (Å²) in [4.78, 5) is 17.4. The van der Waals surface area contributed by atoms with E-state index in [9.17, 15) is 18.0 Å². The quantitative estimate of drug-likeness (QED) is 0.893. The number of aromatic carboxylic acids is 1. The minimum Gasteiger partial charge on any atom is -0.476 e. The van der Waals surface area contributed by atoms with E-state index in [1.807, 2.05) is 0 Å². The molecular weight excluding hydrogens is 251 g/mol. The Bertz CT molecular complexity index is 575. The predicted molar refractivity (Wildman–Crippen MR) is 53.3 cm³/mol. The lowest BCUT2D eigenvalue weighted by Gasteiger charge is -2.06. The molecule has 0 aliphatic heterocycles. The molecule has 0 bridgehead atoms. The van der Waals surface area contributed by atoms with Crippen molar-refractivity contribution in [3.05, 3.63) is 42.2 Å². The summed E-state index contributed by atoms with van der Waals surface area (Å²) in [5.41, 5.74) is -0.914. The molecule has 0 radical (unpaired) electrons.